The van der Waals surface area contributed by atoms with Crippen molar-refractivity contribution in [3.8, 4) is 0 Å². The van der Waals surface area contributed by atoms with Crippen molar-refractivity contribution >= 4 is 23.5 Å². The van der Waals surface area contributed by atoms with E-state index in [0.29, 0.717) is 37.8 Å². The van der Waals surface area contributed by atoms with Gasteiger partial charge in [-0.15, -0.1) is 0 Å². The number of nitrogens with one attached hydrogen (secondary N) is 1. The van der Waals surface area contributed by atoms with Crippen LogP contribution in [0.15, 0.2) is 30.3 Å². The van der Waals surface area contributed by atoms with Gasteiger partial charge >= 0.3 is 0 Å². The summed E-state index contributed by atoms with van der Waals surface area (Å²) in [5.74, 6) is -1.62. The summed E-state index contributed by atoms with van der Waals surface area (Å²) >= 11 is 0. The van der Waals surface area contributed by atoms with Gasteiger partial charge in [-0.2, -0.15) is 0 Å². The van der Waals surface area contributed by atoms with Gasteiger partial charge in [0.1, 0.15) is 0 Å². The maximum Gasteiger partial charge on any atom is 0.261 e. The second kappa shape index (κ2) is 9.31. The number of rotatable bonds is 6. The monoisotopic (exact) mass is 398 g/mol. The Morgan fingerprint density at radius 1 is 1.14 bits per heavy atom. The molecule has 0 spiro atoms. The van der Waals surface area contributed by atoms with E-state index in [1.807, 2.05) is 0 Å². The fourth-order valence-corrected chi connectivity index (χ4v) is 4.28. The highest BCUT2D eigenvalue weighted by molar-refractivity contribution is 6.10. The zero-order valence-electron chi connectivity index (χ0n) is 16.6. The van der Waals surface area contributed by atoms with Crippen LogP contribution in [-0.4, -0.2) is 47.5 Å². The number of primary amides is 1. The van der Waals surface area contributed by atoms with E-state index in [4.69, 9.17) is 5.73 Å². The molecule has 0 unspecified atom stereocenters. The second-order valence-electron chi connectivity index (χ2n) is 7.94. The highest BCUT2D eigenvalue weighted by atomic mass is 16.2. The van der Waals surface area contributed by atoms with Crippen LogP contribution >= 0.6 is 0 Å². The smallest absolute Gasteiger partial charge is 0.261 e. The minimum Gasteiger partial charge on any atom is -0.369 e. The Kier molecular flexibility index (Phi) is 6.79. The Labute approximate surface area is 171 Å². The largest absolute Gasteiger partial charge is 0.369 e. The van der Waals surface area contributed by atoms with E-state index in [2.05, 4.69) is 5.32 Å². The minimum absolute atomic E-state index is 0.127. The van der Waals surface area contributed by atoms with Crippen LogP contribution in [0.5, 0.6) is 0 Å². The number of nitrogens with zero attached hydrogens (tertiary/aromatic N) is 1. The lowest BCUT2D eigenvalue weighted by molar-refractivity contribution is -0.134. The molecule has 0 aromatic heterocycles. The van der Waals surface area contributed by atoms with Gasteiger partial charge < -0.3 is 11.1 Å². The van der Waals surface area contributed by atoms with Gasteiger partial charge in [-0.05, 0) is 50.8 Å². The van der Waals surface area contributed by atoms with E-state index in [1.165, 1.54) is 6.42 Å². The number of carbonyl (C=O) groups is 4. The quantitative estimate of drug-likeness (QED) is 0.757. The van der Waals surface area contributed by atoms with E-state index in [9.17, 15) is 19.2 Å². The zero-order chi connectivity index (χ0) is 20.9. The van der Waals surface area contributed by atoms with Crippen LogP contribution in [0.1, 0.15) is 55.3 Å². The molecular formula is C22H28N3O4. The lowest BCUT2D eigenvalue weighted by atomic mass is 9.80. The van der Waals surface area contributed by atoms with Gasteiger partial charge in [-0.25, -0.2) is 0 Å². The third-order valence-electron chi connectivity index (χ3n) is 6.04. The van der Waals surface area contributed by atoms with E-state index < -0.39 is 29.2 Å². The number of amides is 3. The predicted molar refractivity (Wildman–Crippen MR) is 108 cm³/mol. The van der Waals surface area contributed by atoms with Crippen molar-refractivity contribution in [1.82, 2.24) is 10.2 Å². The van der Waals surface area contributed by atoms with E-state index >= 15 is 0 Å². The van der Waals surface area contributed by atoms with Gasteiger partial charge in [-0.1, -0.05) is 31.0 Å². The molecule has 3 N–H and O–H groups in total. The standard InChI is InChI=1S/C22H28N3O4/c23-21(29)22(11-4-5-12-22)13-10-19(27)25(17-9-6-14-24-15-18(17)26)20(28)16-7-2-1-3-8-16/h1-3,7-8,10,17,24H,4-6,9,11-15H2,(H2,23,29)/t17-/m0/s1. The average Bonchev–Trinajstić information content (AvgIpc) is 3.12. The third-order valence-corrected chi connectivity index (χ3v) is 6.04. The van der Waals surface area contributed by atoms with E-state index in [-0.39, 0.29) is 18.7 Å². The van der Waals surface area contributed by atoms with Crippen molar-refractivity contribution in [1.29, 1.82) is 0 Å². The molecule has 1 aliphatic heterocycles. The molecule has 1 atom stereocenters. The number of imide groups is 1. The van der Waals surface area contributed by atoms with E-state index in [1.54, 1.807) is 30.3 Å². The molecule has 1 aliphatic carbocycles. The van der Waals surface area contributed by atoms with Crippen LogP contribution in [0.2, 0.25) is 0 Å². The summed E-state index contributed by atoms with van der Waals surface area (Å²) in [6, 6.07) is 7.67. The summed E-state index contributed by atoms with van der Waals surface area (Å²) in [6.45, 7) is 0.792. The molecule has 2 fully saturated rings. The third kappa shape index (κ3) is 4.72. The zero-order valence-corrected chi connectivity index (χ0v) is 16.6. The summed E-state index contributed by atoms with van der Waals surface area (Å²) in [6.07, 6.45) is 5.75. The Morgan fingerprint density at radius 2 is 1.83 bits per heavy atom. The van der Waals surface area contributed by atoms with Crippen LogP contribution in [0.4, 0.5) is 0 Å². The summed E-state index contributed by atoms with van der Waals surface area (Å²) in [5, 5.41) is 3.03. The van der Waals surface area contributed by atoms with Gasteiger partial charge in [-0.3, -0.25) is 24.1 Å². The fourth-order valence-electron chi connectivity index (χ4n) is 4.28. The highest BCUT2D eigenvalue weighted by Gasteiger charge is 2.42. The number of hydrogen-bond donors (Lipinski definition) is 2. The normalized spacial score (nSPS) is 21.4. The molecule has 1 radical (unpaired) electrons. The number of Topliss-reactive ketones (excluding diaryl/α,β-unsaturated/α-hetero) is 1. The molecule has 1 aromatic carbocycles. The SMILES string of the molecule is NC(=O)C1(C[CH]C(=O)N(C(=O)c2ccccc2)[C@H]2CCCNCC2=O)CCCC1. The summed E-state index contributed by atoms with van der Waals surface area (Å²) in [7, 11) is 0. The number of benzene rings is 1. The minimum atomic E-state index is -0.811. The van der Waals surface area contributed by atoms with Crippen molar-refractivity contribution in [3.63, 3.8) is 0 Å². The number of hydrogen-bond acceptors (Lipinski definition) is 5. The first-order chi connectivity index (χ1) is 13.9. The van der Waals surface area contributed by atoms with Gasteiger partial charge in [0, 0.05) is 11.0 Å². The first-order valence-corrected chi connectivity index (χ1v) is 10.2. The molecule has 7 nitrogen and oxygen atoms in total. The lowest BCUT2D eigenvalue weighted by Crippen LogP contribution is -2.50. The van der Waals surface area contributed by atoms with Crippen molar-refractivity contribution in [3.05, 3.63) is 42.3 Å². The summed E-state index contributed by atoms with van der Waals surface area (Å²) < 4.78 is 0. The van der Waals surface area contributed by atoms with Crippen LogP contribution in [0, 0.1) is 11.8 Å². The fraction of sp³-hybridized carbons (Fsp3) is 0.500. The molecule has 1 saturated heterocycles. The van der Waals surface area contributed by atoms with Gasteiger partial charge in [0.05, 0.1) is 19.0 Å². The number of carbonyl (C=O) groups excluding carboxylic acids is 4. The maximum atomic E-state index is 13.2. The highest BCUT2D eigenvalue weighted by Crippen LogP contribution is 2.41. The Hall–Kier alpha value is -2.54. The van der Waals surface area contributed by atoms with Gasteiger partial charge in [0.2, 0.25) is 11.8 Å². The lowest BCUT2D eigenvalue weighted by Gasteiger charge is -2.30. The van der Waals surface area contributed by atoms with Crippen molar-refractivity contribution in [2.24, 2.45) is 11.1 Å². The topological polar surface area (TPSA) is 110 Å². The molecule has 2 aliphatic rings. The molecule has 155 valence electrons. The molecule has 29 heavy (non-hydrogen) atoms. The average molecular weight is 398 g/mol. The van der Waals surface area contributed by atoms with Crippen LogP contribution in [0.25, 0.3) is 0 Å². The molecule has 1 saturated carbocycles. The van der Waals surface area contributed by atoms with Crippen LogP contribution in [-0.2, 0) is 14.4 Å². The molecule has 3 amide bonds. The van der Waals surface area contributed by atoms with Crippen molar-refractivity contribution < 1.29 is 19.2 Å². The van der Waals surface area contributed by atoms with Crippen molar-refractivity contribution in [2.75, 3.05) is 13.1 Å². The first-order valence-electron chi connectivity index (χ1n) is 10.2. The molecule has 1 aromatic rings. The van der Waals surface area contributed by atoms with Crippen LogP contribution < -0.4 is 11.1 Å². The molecular weight excluding hydrogens is 370 g/mol. The maximum absolute atomic E-state index is 13.2. The Bertz CT molecular complexity index is 772. The molecule has 0 bridgehead atoms. The van der Waals surface area contributed by atoms with Gasteiger partial charge in [0.25, 0.3) is 5.91 Å². The second-order valence-corrected chi connectivity index (χ2v) is 7.94. The summed E-state index contributed by atoms with van der Waals surface area (Å²) in [4.78, 5) is 52.1. The van der Waals surface area contributed by atoms with Gasteiger partial charge in [0.15, 0.2) is 5.78 Å². The Morgan fingerprint density at radius 3 is 2.48 bits per heavy atom. The number of ketones is 1. The molecule has 3 rings (SSSR count). The Balaban J connectivity index is 1.83. The summed E-state index contributed by atoms with van der Waals surface area (Å²) in [5.41, 5.74) is 5.24. The van der Waals surface area contributed by atoms with E-state index in [0.717, 1.165) is 17.7 Å². The molecule has 1 heterocycles. The molecule has 7 heteroatoms. The number of nitrogens with two attached hydrogens (primary N) is 1. The first kappa shape index (κ1) is 21.2. The van der Waals surface area contributed by atoms with Crippen molar-refractivity contribution in [2.45, 2.75) is 51.0 Å². The predicted octanol–water partition coefficient (Wildman–Crippen LogP) is 1.62. The van der Waals surface area contributed by atoms with Crippen LogP contribution in [0.3, 0.4) is 0 Å².